The molecule has 5 aromatic rings. The van der Waals surface area contributed by atoms with Crippen molar-refractivity contribution in [1.82, 2.24) is 9.97 Å². The molecule has 0 amide bonds. The van der Waals surface area contributed by atoms with E-state index in [1.807, 2.05) is 65.4 Å². The van der Waals surface area contributed by atoms with Crippen LogP contribution in [-0.4, -0.2) is 22.1 Å². The number of phenolic OH excluding ortho intramolecular Hbond substituents is 1. The van der Waals surface area contributed by atoms with E-state index < -0.39 is 37.3 Å². The fraction of sp³-hybridized carbons (Fsp3) is 0.188. The third-order valence-electron chi connectivity index (χ3n) is 6.69. The Morgan fingerprint density at radius 3 is 2.42 bits per heavy atom. The average Bonchev–Trinajstić information content (AvgIpc) is 2.98. The number of phenols is 1. The first-order valence-electron chi connectivity index (χ1n) is 16.2. The van der Waals surface area contributed by atoms with Gasteiger partial charge in [-0.3, -0.25) is 4.98 Å². The van der Waals surface area contributed by atoms with Crippen molar-refractivity contribution in [2.75, 3.05) is 16.8 Å². The van der Waals surface area contributed by atoms with Crippen molar-refractivity contribution in [3.63, 3.8) is 0 Å². The molecule has 2 aromatic heterocycles. The normalized spacial score (nSPS) is 17.2. The summed E-state index contributed by atoms with van der Waals surface area (Å²) in [5, 5.41) is 12.0. The fourth-order valence-electron chi connectivity index (χ4n) is 4.86. The van der Waals surface area contributed by atoms with E-state index in [1.54, 1.807) is 31.3 Å². The van der Waals surface area contributed by atoms with Crippen molar-refractivity contribution in [1.29, 1.82) is 0 Å². The molecule has 3 heterocycles. The number of aromatic hydroxyl groups is 1. The number of hydrogen-bond donors (Lipinski definition) is 1. The van der Waals surface area contributed by atoms with Crippen LogP contribution in [0.5, 0.6) is 5.75 Å². The second-order valence-corrected chi connectivity index (χ2v) is 9.11. The number of rotatable bonds is 2. The second-order valence-electron chi connectivity index (χ2n) is 9.11. The van der Waals surface area contributed by atoms with Gasteiger partial charge < -0.3 is 14.9 Å². The molecule has 5 nitrogen and oxygen atoms in total. The largest absolute Gasteiger partial charge is 0.505 e. The molecule has 38 heavy (non-hydrogen) atoms. The molecular weight excluding hydrogens is 651 g/mol. The maximum Gasteiger partial charge on any atom is 0.144 e. The molecule has 0 saturated heterocycles. The maximum absolute atomic E-state index is 11.6. The third-order valence-corrected chi connectivity index (χ3v) is 6.69. The second kappa shape index (κ2) is 9.56. The van der Waals surface area contributed by atoms with Gasteiger partial charge in [0, 0.05) is 57.6 Å². The topological polar surface area (TPSA) is 52.5 Å². The van der Waals surface area contributed by atoms with Crippen LogP contribution in [0, 0.1) is 13.0 Å². The van der Waals surface area contributed by atoms with Gasteiger partial charge in [-0.15, -0.1) is 23.8 Å². The molecular formula is C32H29N4OPt-. The number of hydrogen-bond acceptors (Lipinski definition) is 5. The minimum Gasteiger partial charge on any atom is -0.505 e. The molecule has 0 aliphatic carbocycles. The number of anilines is 5. The van der Waals surface area contributed by atoms with Crippen LogP contribution in [0.3, 0.4) is 0 Å². The Bertz CT molecular complexity index is 1940. The summed E-state index contributed by atoms with van der Waals surface area (Å²) in [5.41, 5.74) is 0.347. The zero-order valence-electron chi connectivity index (χ0n) is 29.6. The van der Waals surface area contributed by atoms with E-state index in [0.29, 0.717) is 33.7 Å². The third kappa shape index (κ3) is 4.15. The minimum atomic E-state index is -3.54. The summed E-state index contributed by atoms with van der Waals surface area (Å²) >= 11 is 0. The van der Waals surface area contributed by atoms with Crippen molar-refractivity contribution in [2.24, 2.45) is 0 Å². The van der Waals surface area contributed by atoms with Gasteiger partial charge >= 0.3 is 0 Å². The zero-order valence-corrected chi connectivity index (χ0v) is 22.8. The zero-order chi connectivity index (χ0) is 33.4. The minimum absolute atomic E-state index is 0. The van der Waals surface area contributed by atoms with Gasteiger partial charge in [0.2, 0.25) is 0 Å². The molecule has 0 bridgehead atoms. The standard InChI is InChI=1S/C32H29N4O.Pt/c1-20-18-23(32(2,3)4)31(37)30-22(20)14-15-24(34-30)21-13-16-26-28(19-21)36(29-12-8-9-17-33-29)27-11-7-6-10-25(27)35(26)5;/h6-18,37H,1-5H3;/q-1;/i2D3,3D3,4D3;. The van der Waals surface area contributed by atoms with Crippen LogP contribution in [0.25, 0.3) is 22.2 Å². The Labute approximate surface area is 250 Å². The van der Waals surface area contributed by atoms with E-state index in [-0.39, 0.29) is 26.6 Å². The van der Waals surface area contributed by atoms with Crippen LogP contribution in [0.4, 0.5) is 28.6 Å². The van der Waals surface area contributed by atoms with E-state index in [9.17, 15) is 5.11 Å². The first kappa shape index (κ1) is 17.0. The SMILES string of the molecule is [2H]C([2H])([2H])C(c1cc(C)c2ccc(-c3[c-]c4c(cc3)N(C)c3ccccc3N4c3ccccn3)nc2c1O)(C([2H])([2H])[2H])C([2H])([2H])[2H].[Pt]. The smallest absolute Gasteiger partial charge is 0.144 e. The number of fused-ring (bicyclic) bond motifs is 3. The summed E-state index contributed by atoms with van der Waals surface area (Å²) in [4.78, 5) is 13.3. The Kier molecular flexibility index (Phi) is 4.28. The van der Waals surface area contributed by atoms with Gasteiger partial charge in [0.1, 0.15) is 17.1 Å². The molecule has 0 spiro atoms. The van der Waals surface area contributed by atoms with E-state index >= 15 is 0 Å². The predicted molar refractivity (Wildman–Crippen MR) is 152 cm³/mol. The van der Waals surface area contributed by atoms with Crippen molar-refractivity contribution >= 4 is 39.5 Å². The summed E-state index contributed by atoms with van der Waals surface area (Å²) in [7, 11) is 1.95. The summed E-state index contributed by atoms with van der Waals surface area (Å²) < 4.78 is 73.3. The molecule has 0 radical (unpaired) electrons. The van der Waals surface area contributed by atoms with Crippen LogP contribution in [0.1, 0.15) is 44.0 Å². The Hall–Kier alpha value is -3.69. The quantitative estimate of drug-likeness (QED) is 0.191. The average molecular weight is 690 g/mol. The predicted octanol–water partition coefficient (Wildman–Crippen LogP) is 7.96. The molecule has 194 valence electrons. The molecule has 1 aliphatic heterocycles. The van der Waals surface area contributed by atoms with Crippen molar-refractivity contribution in [3.05, 3.63) is 96.2 Å². The van der Waals surface area contributed by atoms with Crippen LogP contribution >= 0.6 is 0 Å². The summed E-state index contributed by atoms with van der Waals surface area (Å²) in [6.45, 7) is -9.04. The van der Waals surface area contributed by atoms with Crippen molar-refractivity contribution in [3.8, 4) is 17.0 Å². The van der Waals surface area contributed by atoms with E-state index in [1.165, 1.54) is 0 Å². The molecule has 0 atom stereocenters. The molecule has 6 heteroatoms. The summed E-state index contributed by atoms with van der Waals surface area (Å²) in [6, 6.07) is 25.1. The molecule has 6 rings (SSSR count). The maximum atomic E-state index is 11.6. The molecule has 3 aromatic carbocycles. The summed E-state index contributed by atoms with van der Waals surface area (Å²) in [5.74, 6) is -0.148. The van der Waals surface area contributed by atoms with Gasteiger partial charge in [-0.05, 0) is 59.2 Å². The van der Waals surface area contributed by atoms with Gasteiger partial charge in [-0.1, -0.05) is 57.0 Å². The van der Waals surface area contributed by atoms with Crippen LogP contribution in [0.15, 0.2) is 79.0 Å². The number of para-hydroxylation sites is 2. The number of aryl methyl sites for hydroxylation is 1. The van der Waals surface area contributed by atoms with E-state index in [2.05, 4.69) is 16.0 Å². The van der Waals surface area contributed by atoms with Gasteiger partial charge in [0.15, 0.2) is 0 Å². The Balaban J connectivity index is 0.00000433. The van der Waals surface area contributed by atoms with E-state index in [4.69, 9.17) is 12.3 Å². The first-order valence-corrected chi connectivity index (χ1v) is 11.7. The van der Waals surface area contributed by atoms with Crippen LogP contribution in [-0.2, 0) is 26.5 Å². The molecule has 0 unspecified atom stereocenters. The van der Waals surface area contributed by atoms with Crippen molar-refractivity contribution in [2.45, 2.75) is 32.9 Å². The molecule has 0 fully saturated rings. The van der Waals surface area contributed by atoms with Gasteiger partial charge in [0.25, 0.3) is 0 Å². The number of nitrogens with zero attached hydrogens (tertiary/aromatic N) is 4. The van der Waals surface area contributed by atoms with Crippen LogP contribution < -0.4 is 9.80 Å². The van der Waals surface area contributed by atoms with Crippen molar-refractivity contribution < 1.29 is 38.5 Å². The Morgan fingerprint density at radius 2 is 1.68 bits per heavy atom. The van der Waals surface area contributed by atoms with Crippen LogP contribution in [0.2, 0.25) is 0 Å². The van der Waals surface area contributed by atoms with Gasteiger partial charge in [0.05, 0.1) is 11.4 Å². The molecule has 1 N–H and O–H groups in total. The number of aromatic nitrogens is 2. The Morgan fingerprint density at radius 1 is 0.921 bits per heavy atom. The number of benzene rings is 3. The fourth-order valence-corrected chi connectivity index (χ4v) is 4.86. The molecule has 1 aliphatic rings. The molecule has 0 saturated carbocycles. The van der Waals surface area contributed by atoms with Gasteiger partial charge in [-0.2, -0.15) is 0 Å². The monoisotopic (exact) mass is 689 g/mol. The van der Waals surface area contributed by atoms with Gasteiger partial charge in [-0.25, -0.2) is 4.98 Å². The summed E-state index contributed by atoms with van der Waals surface area (Å²) in [6.07, 6.45) is 1.70. The first-order chi connectivity index (χ1) is 21.5. The number of pyridine rings is 2. The van der Waals surface area contributed by atoms with E-state index in [0.717, 1.165) is 23.1 Å².